The van der Waals surface area contributed by atoms with Crippen molar-refractivity contribution in [2.24, 2.45) is 7.05 Å². The average molecular weight is 325 g/mol. The number of aryl methyl sites for hydroxylation is 1. The second-order valence-corrected chi connectivity index (χ2v) is 5.19. The first-order valence-electron chi connectivity index (χ1n) is 6.22. The lowest BCUT2D eigenvalue weighted by Crippen LogP contribution is -2.32. The van der Waals surface area contributed by atoms with Gasteiger partial charge in [-0.05, 0) is 11.8 Å². The van der Waals surface area contributed by atoms with Gasteiger partial charge in [0.15, 0.2) is 13.0 Å². The van der Waals surface area contributed by atoms with Crippen LogP contribution >= 0.6 is 11.8 Å². The first-order valence-corrected chi connectivity index (χ1v) is 7.20. The van der Waals surface area contributed by atoms with Crippen molar-refractivity contribution in [3.05, 3.63) is 18.2 Å². The predicted octanol–water partition coefficient (Wildman–Crippen LogP) is 0.321. The molecule has 1 amide bonds. The van der Waals surface area contributed by atoms with Crippen molar-refractivity contribution in [3.63, 3.8) is 0 Å². The summed E-state index contributed by atoms with van der Waals surface area (Å²) in [4.78, 5) is 12.0. The molecule has 2 aromatic rings. The molecule has 1 aromatic heterocycles. The van der Waals surface area contributed by atoms with Crippen molar-refractivity contribution in [2.75, 3.05) is 25.3 Å². The van der Waals surface area contributed by atoms with E-state index in [9.17, 15) is 9.90 Å². The second-order valence-electron chi connectivity index (χ2n) is 4.23. The Morgan fingerprint density at radius 2 is 2.00 bits per heavy atom. The Labute approximate surface area is 131 Å². The van der Waals surface area contributed by atoms with Crippen LogP contribution in [0.3, 0.4) is 0 Å². The number of thioether (sulfide) groups is 1. The predicted molar refractivity (Wildman–Crippen MR) is 76.0 cm³/mol. The minimum Gasteiger partial charge on any atom is -0.538 e. The van der Waals surface area contributed by atoms with Crippen LogP contribution in [0.1, 0.15) is 0 Å². The van der Waals surface area contributed by atoms with Gasteiger partial charge in [-0.1, -0.05) is 4.68 Å². The van der Waals surface area contributed by atoms with Gasteiger partial charge in [-0.15, -0.1) is 0 Å². The van der Waals surface area contributed by atoms with Crippen LogP contribution in [0.25, 0.3) is 0 Å². The monoisotopic (exact) mass is 325 g/mol. The van der Waals surface area contributed by atoms with E-state index in [-0.39, 0.29) is 16.7 Å². The van der Waals surface area contributed by atoms with Crippen molar-refractivity contribution in [1.29, 1.82) is 0 Å². The largest absolute Gasteiger partial charge is 0.538 e. The molecule has 0 fully saturated rings. The summed E-state index contributed by atoms with van der Waals surface area (Å²) < 4.78 is 16.0. The Morgan fingerprint density at radius 3 is 2.50 bits per heavy atom. The molecule has 0 aliphatic rings. The van der Waals surface area contributed by atoms with Gasteiger partial charge in [0.05, 0.1) is 25.2 Å². The number of carbonyl (C=O) groups is 1. The van der Waals surface area contributed by atoms with Crippen molar-refractivity contribution < 1.29 is 28.6 Å². The Bertz CT molecular complexity index is 632. The quantitative estimate of drug-likeness (QED) is 0.603. The van der Waals surface area contributed by atoms with Crippen LogP contribution in [0.5, 0.6) is 17.4 Å². The van der Waals surface area contributed by atoms with Crippen molar-refractivity contribution in [2.45, 2.75) is 5.03 Å². The van der Waals surface area contributed by atoms with E-state index in [1.54, 1.807) is 25.2 Å². The molecule has 0 spiro atoms. The molecule has 0 unspecified atom stereocenters. The van der Waals surface area contributed by atoms with Crippen LogP contribution in [-0.4, -0.2) is 31.2 Å². The summed E-state index contributed by atoms with van der Waals surface area (Å²) in [5.41, 5.74) is 0.541. The van der Waals surface area contributed by atoms with E-state index in [0.717, 1.165) is 11.8 Å². The minimum atomic E-state index is -0.566. The van der Waals surface area contributed by atoms with E-state index >= 15 is 0 Å². The Morgan fingerprint density at radius 1 is 1.36 bits per heavy atom. The van der Waals surface area contributed by atoms with Crippen molar-refractivity contribution in [1.82, 2.24) is 5.27 Å². The summed E-state index contributed by atoms with van der Waals surface area (Å²) in [5.74, 6) is 0.331. The number of aromatic nitrogens is 2. The third kappa shape index (κ3) is 3.82. The molecule has 22 heavy (non-hydrogen) atoms. The third-order valence-electron chi connectivity index (χ3n) is 2.69. The van der Waals surface area contributed by atoms with Gasteiger partial charge < -0.3 is 24.4 Å². The molecule has 9 heteroatoms. The van der Waals surface area contributed by atoms with Gasteiger partial charge in [-0.2, -0.15) is 0 Å². The number of hydrogen-bond donors (Lipinski definition) is 1. The lowest BCUT2D eigenvalue weighted by molar-refractivity contribution is -0.772. The average Bonchev–Trinajstić information content (AvgIpc) is 2.83. The highest BCUT2D eigenvalue weighted by Gasteiger charge is 2.16. The summed E-state index contributed by atoms with van der Waals surface area (Å²) in [5, 5.41) is 17.8. The zero-order valence-electron chi connectivity index (χ0n) is 12.3. The molecule has 0 radical (unpaired) electrons. The number of anilines is 1. The maximum Gasteiger partial charge on any atom is 0.291 e. The third-order valence-corrected chi connectivity index (χ3v) is 3.80. The molecule has 0 aliphatic carbocycles. The summed E-state index contributed by atoms with van der Waals surface area (Å²) in [7, 11) is 4.62. The summed E-state index contributed by atoms with van der Waals surface area (Å²) in [6.07, 6.45) is 0. The van der Waals surface area contributed by atoms with E-state index in [2.05, 4.69) is 15.1 Å². The zero-order valence-corrected chi connectivity index (χ0v) is 13.1. The fourth-order valence-corrected chi connectivity index (χ4v) is 2.38. The Hall–Kier alpha value is -2.42. The van der Waals surface area contributed by atoms with Gasteiger partial charge in [0.1, 0.15) is 11.5 Å². The number of nitrogens with one attached hydrogen (secondary N) is 1. The van der Waals surface area contributed by atoms with Gasteiger partial charge in [-0.25, -0.2) is 0 Å². The van der Waals surface area contributed by atoms with Crippen LogP contribution in [0.15, 0.2) is 27.7 Å². The summed E-state index contributed by atoms with van der Waals surface area (Å²) in [6.45, 7) is 0. The molecule has 1 heterocycles. The molecule has 118 valence electrons. The van der Waals surface area contributed by atoms with E-state index in [0.29, 0.717) is 17.2 Å². The summed E-state index contributed by atoms with van der Waals surface area (Å²) in [6, 6.07) is 5.04. The number of hydrogen-bond acceptors (Lipinski definition) is 7. The highest BCUT2D eigenvalue weighted by molar-refractivity contribution is 7.99. The molecule has 0 bridgehead atoms. The number of benzene rings is 1. The van der Waals surface area contributed by atoms with E-state index < -0.39 is 5.95 Å². The first-order chi connectivity index (χ1) is 10.5. The molecule has 0 saturated heterocycles. The van der Waals surface area contributed by atoms with Crippen LogP contribution in [0.4, 0.5) is 5.69 Å². The lowest BCUT2D eigenvalue weighted by atomic mass is 10.2. The highest BCUT2D eigenvalue weighted by Crippen LogP contribution is 2.26. The fourth-order valence-electron chi connectivity index (χ4n) is 1.67. The normalized spacial score (nSPS) is 10.3. The van der Waals surface area contributed by atoms with Crippen LogP contribution in [0.2, 0.25) is 0 Å². The van der Waals surface area contributed by atoms with Crippen molar-refractivity contribution in [3.8, 4) is 17.4 Å². The molecule has 8 nitrogen and oxygen atoms in total. The molecule has 0 aliphatic heterocycles. The number of methoxy groups -OCH3 is 2. The molecule has 0 atom stereocenters. The minimum absolute atomic E-state index is 0.0455. The zero-order chi connectivity index (χ0) is 16.1. The van der Waals surface area contributed by atoms with E-state index in [4.69, 9.17) is 9.47 Å². The van der Waals surface area contributed by atoms with Gasteiger partial charge in [0.25, 0.3) is 5.03 Å². The fraction of sp³-hybridized carbons (Fsp3) is 0.308. The Balaban J connectivity index is 2.00. The van der Waals surface area contributed by atoms with E-state index in [1.165, 1.54) is 18.9 Å². The highest BCUT2D eigenvalue weighted by atomic mass is 32.2. The Kier molecular flexibility index (Phi) is 5.10. The molecule has 0 saturated carbocycles. The molecular formula is C13H15N3O5S. The number of carbonyl (C=O) groups excluding carboxylic acids is 1. The van der Waals surface area contributed by atoms with Crippen LogP contribution in [-0.2, 0) is 11.8 Å². The van der Waals surface area contributed by atoms with Gasteiger partial charge in [0, 0.05) is 23.9 Å². The topological polar surface area (TPSA) is 101 Å². The maximum atomic E-state index is 12.0. The number of amides is 1. The number of nitrogens with zero attached hydrogens (tertiary/aromatic N) is 2. The number of ether oxygens (including phenoxy) is 2. The van der Waals surface area contributed by atoms with Crippen molar-refractivity contribution >= 4 is 23.4 Å². The SMILES string of the molecule is COc1cc(NC(=O)CSc2c([O-])on[n+]2C)cc(OC)c1. The standard InChI is InChI=1S/C13H15N3O5S/c1-16-12(13(18)21-15-16)22-7-11(17)14-8-4-9(19-2)6-10(5-8)20-3/h4-6H,7H2,1-3H3,(H-,14,15,17,18). The smallest absolute Gasteiger partial charge is 0.291 e. The number of rotatable bonds is 6. The van der Waals surface area contributed by atoms with E-state index in [1.807, 2.05) is 0 Å². The summed E-state index contributed by atoms with van der Waals surface area (Å²) >= 11 is 1.05. The molecule has 1 N–H and O–H groups in total. The van der Waals surface area contributed by atoms with Gasteiger partial charge in [0.2, 0.25) is 5.91 Å². The maximum absolute atomic E-state index is 12.0. The molecule has 2 rings (SSSR count). The van der Waals surface area contributed by atoms with Gasteiger partial charge in [-0.3, -0.25) is 4.79 Å². The molecule has 1 aromatic carbocycles. The van der Waals surface area contributed by atoms with Crippen LogP contribution < -0.4 is 24.6 Å². The first kappa shape index (κ1) is 16.0. The lowest BCUT2D eigenvalue weighted by Gasteiger charge is -2.09. The van der Waals surface area contributed by atoms with Crippen LogP contribution in [0, 0.1) is 0 Å². The molecular weight excluding hydrogens is 310 g/mol. The van der Waals surface area contributed by atoms with Gasteiger partial charge >= 0.3 is 0 Å². The second kappa shape index (κ2) is 7.03.